The molecule has 2 atom stereocenters. The molecule has 7 heteroatoms. The number of aldehydes is 1. The van der Waals surface area contributed by atoms with Crippen LogP contribution in [0.25, 0.3) is 0 Å². The minimum atomic E-state index is -0.794. The number of ether oxygens (including phenoxy) is 4. The Morgan fingerprint density at radius 1 is 0.794 bits per heavy atom. The lowest BCUT2D eigenvalue weighted by Crippen LogP contribution is -2.19. The molecule has 2 aromatic carbocycles. The van der Waals surface area contributed by atoms with E-state index in [0.717, 1.165) is 77.9 Å². The van der Waals surface area contributed by atoms with Gasteiger partial charge in [0.05, 0.1) is 34.4 Å². The summed E-state index contributed by atoms with van der Waals surface area (Å²) in [6.45, 7) is 0. The van der Waals surface area contributed by atoms with Gasteiger partial charge in [0, 0.05) is 28.2 Å². The number of fused-ring (bicyclic) bond motifs is 2. The Kier molecular flexibility index (Phi) is 9.78. The molecule has 0 saturated carbocycles. The van der Waals surface area contributed by atoms with Crippen molar-refractivity contribution >= 4 is 12.3 Å². The Balaban J connectivity index is 0.000000234. The van der Waals surface area contributed by atoms with Gasteiger partial charge in [0.1, 0.15) is 29.3 Å². The number of methoxy groups -OCH3 is 4. The van der Waals surface area contributed by atoms with Crippen molar-refractivity contribution < 1.29 is 33.6 Å². The average molecular weight is 473 g/mol. The number of carboxylic acid groups (broad SMARTS) is 1. The summed E-state index contributed by atoms with van der Waals surface area (Å²) in [5.74, 6) is 1.74. The quantitative estimate of drug-likeness (QED) is 0.580. The van der Waals surface area contributed by atoms with E-state index in [4.69, 9.17) is 18.9 Å². The first-order valence-corrected chi connectivity index (χ1v) is 11.2. The van der Waals surface area contributed by atoms with Gasteiger partial charge in [-0.25, -0.2) is 0 Å². The summed E-state index contributed by atoms with van der Waals surface area (Å²) in [6, 6.07) is 7.39. The number of carbonyl (C=O) groups is 2. The lowest BCUT2D eigenvalue weighted by molar-refractivity contribution is -0.139. The van der Waals surface area contributed by atoms with Crippen molar-refractivity contribution in [1.82, 2.24) is 0 Å². The molecule has 2 aliphatic carbocycles. The second-order valence-electron chi connectivity index (χ2n) is 8.14. The minimum Gasteiger partial charge on any atom is -0.496 e. The minimum absolute atomic E-state index is 0. The number of carboxylic acids is 1. The molecule has 0 saturated heterocycles. The molecule has 1 N–H and O–H groups in total. The van der Waals surface area contributed by atoms with Gasteiger partial charge in [-0.15, -0.1) is 0 Å². The smallest absolute Gasteiger partial charge is 0.311 e. The van der Waals surface area contributed by atoms with Gasteiger partial charge in [-0.2, -0.15) is 0 Å². The Bertz CT molecular complexity index is 999. The van der Waals surface area contributed by atoms with E-state index in [1.54, 1.807) is 34.5 Å². The second-order valence-corrected chi connectivity index (χ2v) is 8.14. The maximum atomic E-state index is 11.3. The van der Waals surface area contributed by atoms with Crippen LogP contribution in [0.3, 0.4) is 0 Å². The third kappa shape index (κ3) is 5.29. The van der Waals surface area contributed by atoms with Crippen LogP contribution in [0.2, 0.25) is 0 Å². The van der Waals surface area contributed by atoms with Gasteiger partial charge in [0.25, 0.3) is 0 Å². The van der Waals surface area contributed by atoms with Crippen LogP contribution < -0.4 is 18.9 Å². The molecule has 2 aromatic rings. The first-order valence-electron chi connectivity index (χ1n) is 11.2. The molecule has 2 aliphatic rings. The lowest BCUT2D eigenvalue weighted by atomic mass is 9.81. The summed E-state index contributed by atoms with van der Waals surface area (Å²) < 4.78 is 21.2. The van der Waals surface area contributed by atoms with Crippen molar-refractivity contribution in [3.05, 3.63) is 46.5 Å². The highest BCUT2D eigenvalue weighted by atomic mass is 16.5. The predicted octanol–water partition coefficient (Wildman–Crippen LogP) is 5.17. The standard InChI is InChI=1S/C13H16O4.C13H16O3.CH4/c1-16-10-6-7-11(17-2)12-8(10)4-3-5-9(12)13(14)15;1-15-11-6-7-12(16-2)13-9(8-14)4-3-5-10(11)13;/h6-7,9H,3-5H2,1-2H3,(H,14,15);6-9H,3-5H2,1-2H3;1H4. The topological polar surface area (TPSA) is 91.3 Å². The highest BCUT2D eigenvalue weighted by Crippen LogP contribution is 2.43. The number of carbonyl (C=O) groups excluding carboxylic acids is 1. The van der Waals surface area contributed by atoms with Crippen molar-refractivity contribution in [2.45, 2.75) is 57.8 Å². The monoisotopic (exact) mass is 472 g/mol. The van der Waals surface area contributed by atoms with Gasteiger partial charge >= 0.3 is 5.97 Å². The summed E-state index contributed by atoms with van der Waals surface area (Å²) in [6.07, 6.45) is 6.28. The Morgan fingerprint density at radius 3 is 1.71 bits per heavy atom. The van der Waals surface area contributed by atoms with Crippen LogP contribution in [0.5, 0.6) is 23.0 Å². The van der Waals surface area contributed by atoms with Crippen molar-refractivity contribution in [3.8, 4) is 23.0 Å². The Hall–Kier alpha value is -3.22. The van der Waals surface area contributed by atoms with Crippen molar-refractivity contribution in [2.24, 2.45) is 0 Å². The van der Waals surface area contributed by atoms with Gasteiger partial charge in [0.2, 0.25) is 0 Å². The first-order chi connectivity index (χ1) is 16.0. The molecule has 7 nitrogen and oxygen atoms in total. The van der Waals surface area contributed by atoms with E-state index in [1.807, 2.05) is 18.2 Å². The molecule has 0 heterocycles. The van der Waals surface area contributed by atoms with Crippen LogP contribution in [-0.2, 0) is 22.4 Å². The first kappa shape index (κ1) is 27.0. The summed E-state index contributed by atoms with van der Waals surface area (Å²) in [4.78, 5) is 22.4. The molecule has 0 spiro atoms. The molecule has 0 aromatic heterocycles. The van der Waals surface area contributed by atoms with Gasteiger partial charge in [0.15, 0.2) is 0 Å². The number of hydrogen-bond donors (Lipinski definition) is 1. The number of hydrogen-bond acceptors (Lipinski definition) is 6. The molecule has 2 unspecified atom stereocenters. The zero-order valence-electron chi connectivity index (χ0n) is 19.7. The van der Waals surface area contributed by atoms with E-state index in [-0.39, 0.29) is 13.3 Å². The van der Waals surface area contributed by atoms with Crippen LogP contribution in [0, 0.1) is 0 Å². The van der Waals surface area contributed by atoms with Crippen LogP contribution in [0.1, 0.15) is 67.2 Å². The van der Waals surface area contributed by atoms with Gasteiger partial charge in [-0.05, 0) is 62.8 Å². The summed E-state index contributed by atoms with van der Waals surface area (Å²) in [5.41, 5.74) is 3.91. The zero-order valence-corrected chi connectivity index (χ0v) is 19.7. The van der Waals surface area contributed by atoms with E-state index in [1.165, 1.54) is 0 Å². The molecule has 0 bridgehead atoms. The third-order valence-electron chi connectivity index (χ3n) is 6.47. The molecule has 0 amide bonds. The number of benzene rings is 2. The maximum absolute atomic E-state index is 11.3. The predicted molar refractivity (Wildman–Crippen MR) is 131 cm³/mol. The summed E-state index contributed by atoms with van der Waals surface area (Å²) in [5, 5.41) is 9.27. The van der Waals surface area contributed by atoms with Crippen molar-refractivity contribution in [2.75, 3.05) is 28.4 Å². The number of aliphatic carboxylic acids is 1. The van der Waals surface area contributed by atoms with E-state index in [9.17, 15) is 14.7 Å². The fourth-order valence-corrected chi connectivity index (χ4v) is 4.94. The van der Waals surface area contributed by atoms with E-state index < -0.39 is 11.9 Å². The highest BCUT2D eigenvalue weighted by Gasteiger charge is 2.31. The molecule has 4 rings (SSSR count). The van der Waals surface area contributed by atoms with Crippen molar-refractivity contribution in [1.29, 1.82) is 0 Å². The summed E-state index contributed by atoms with van der Waals surface area (Å²) in [7, 11) is 6.47. The number of rotatable bonds is 6. The van der Waals surface area contributed by atoms with E-state index >= 15 is 0 Å². The van der Waals surface area contributed by atoms with E-state index in [2.05, 4.69) is 0 Å². The SMILES string of the molecule is C.COc1ccc(OC)c2c1CCCC2C(=O)O.COc1ccc(OC)c2c1CCCC2C=O. The average Bonchev–Trinajstić information content (AvgIpc) is 2.86. The van der Waals surface area contributed by atoms with Crippen molar-refractivity contribution in [3.63, 3.8) is 0 Å². The Morgan fingerprint density at radius 2 is 1.24 bits per heavy atom. The molecule has 34 heavy (non-hydrogen) atoms. The largest absolute Gasteiger partial charge is 0.496 e. The maximum Gasteiger partial charge on any atom is 0.311 e. The molecule has 0 radical (unpaired) electrons. The summed E-state index contributed by atoms with van der Waals surface area (Å²) >= 11 is 0. The second kappa shape index (κ2) is 12.3. The molecular weight excluding hydrogens is 436 g/mol. The molecule has 186 valence electrons. The van der Waals surface area contributed by atoms with Crippen LogP contribution in [0.15, 0.2) is 24.3 Å². The zero-order chi connectivity index (χ0) is 24.0. The van der Waals surface area contributed by atoms with Gasteiger partial charge in [-0.3, -0.25) is 4.79 Å². The fourth-order valence-electron chi connectivity index (χ4n) is 4.94. The van der Waals surface area contributed by atoms with Crippen LogP contribution in [0.4, 0.5) is 0 Å². The molecular formula is C27H36O7. The lowest BCUT2D eigenvalue weighted by Gasteiger charge is -2.26. The van der Waals surface area contributed by atoms with Crippen LogP contribution in [-0.4, -0.2) is 45.8 Å². The van der Waals surface area contributed by atoms with Gasteiger partial charge < -0.3 is 28.8 Å². The highest BCUT2D eigenvalue weighted by molar-refractivity contribution is 5.79. The van der Waals surface area contributed by atoms with Gasteiger partial charge in [-0.1, -0.05) is 7.43 Å². The molecule has 0 fully saturated rings. The fraction of sp³-hybridized carbons (Fsp3) is 0.481. The third-order valence-corrected chi connectivity index (χ3v) is 6.47. The molecule has 0 aliphatic heterocycles. The Labute approximate surface area is 202 Å². The normalized spacial score (nSPS) is 18.0. The van der Waals surface area contributed by atoms with Crippen LogP contribution >= 0.6 is 0 Å². The van der Waals surface area contributed by atoms with E-state index in [0.29, 0.717) is 12.2 Å².